The molecule has 1 saturated heterocycles. The van der Waals surface area contributed by atoms with Crippen LogP contribution in [0.5, 0.6) is 0 Å². The van der Waals surface area contributed by atoms with Gasteiger partial charge in [0, 0.05) is 28.1 Å². The summed E-state index contributed by atoms with van der Waals surface area (Å²) < 4.78 is 27.9. The first-order valence-electron chi connectivity index (χ1n) is 6.71. The van der Waals surface area contributed by atoms with E-state index < -0.39 is 10.0 Å². The van der Waals surface area contributed by atoms with Crippen LogP contribution in [0.4, 0.5) is 0 Å². The Balaban J connectivity index is 2.47. The van der Waals surface area contributed by atoms with E-state index in [0.717, 1.165) is 11.3 Å². The summed E-state index contributed by atoms with van der Waals surface area (Å²) in [6.07, 6.45) is 0. The van der Waals surface area contributed by atoms with Crippen molar-refractivity contribution in [1.82, 2.24) is 4.31 Å². The smallest absolute Gasteiger partial charge is 0.244 e. The Bertz CT molecular complexity index is 644. The van der Waals surface area contributed by atoms with E-state index in [0.29, 0.717) is 23.1 Å². The van der Waals surface area contributed by atoms with Gasteiger partial charge in [0.1, 0.15) is 0 Å². The van der Waals surface area contributed by atoms with E-state index in [4.69, 9.17) is 0 Å². The van der Waals surface area contributed by atoms with Gasteiger partial charge in [-0.1, -0.05) is 6.07 Å². The average Bonchev–Trinajstić information content (AvgIpc) is 2.40. The Kier molecular flexibility index (Phi) is 5.10. The lowest BCUT2D eigenvalue weighted by molar-refractivity contribution is 0.281. The van der Waals surface area contributed by atoms with Crippen LogP contribution < -0.4 is 0 Å². The molecule has 1 aliphatic heterocycles. The van der Waals surface area contributed by atoms with E-state index in [1.165, 1.54) is 0 Å². The molecule has 0 unspecified atom stereocenters. The highest BCUT2D eigenvalue weighted by atomic mass is 79.9. The molecule has 1 heterocycles. The number of sulfonamides is 1. The third-order valence-corrected chi connectivity index (χ3v) is 7.95. The quantitative estimate of drug-likeness (QED) is 0.857. The maximum Gasteiger partial charge on any atom is 0.244 e. The van der Waals surface area contributed by atoms with E-state index in [2.05, 4.69) is 29.8 Å². The van der Waals surface area contributed by atoms with Gasteiger partial charge in [0.15, 0.2) is 0 Å². The molecule has 7 heteroatoms. The second-order valence-electron chi connectivity index (χ2n) is 5.83. The minimum absolute atomic E-state index is 0.0819. The molecule has 1 aromatic carbocycles. The standard InChI is InChI=1S/C14H20BrNO3S2/c1-10-6-11(8-17)7-12(13(10)15)21(18,19)16-4-5-20-14(2,3)9-16/h6-7,17H,4-5,8-9H2,1-3H3. The van der Waals surface area contributed by atoms with Gasteiger partial charge in [0.2, 0.25) is 10.0 Å². The van der Waals surface area contributed by atoms with Crippen LogP contribution in [0.2, 0.25) is 0 Å². The largest absolute Gasteiger partial charge is 0.392 e. The molecule has 21 heavy (non-hydrogen) atoms. The van der Waals surface area contributed by atoms with Gasteiger partial charge in [-0.05, 0) is 53.9 Å². The first-order valence-corrected chi connectivity index (χ1v) is 9.93. The number of aliphatic hydroxyl groups excluding tert-OH is 1. The summed E-state index contributed by atoms with van der Waals surface area (Å²) in [5.74, 6) is 0.794. The molecule has 0 bridgehead atoms. The lowest BCUT2D eigenvalue weighted by Crippen LogP contribution is -2.46. The van der Waals surface area contributed by atoms with Crippen molar-refractivity contribution in [3.63, 3.8) is 0 Å². The SMILES string of the molecule is Cc1cc(CO)cc(S(=O)(=O)N2CCSC(C)(C)C2)c1Br. The van der Waals surface area contributed by atoms with Gasteiger partial charge >= 0.3 is 0 Å². The normalized spacial score (nSPS) is 19.7. The number of hydrogen-bond donors (Lipinski definition) is 1. The molecule has 4 nitrogen and oxygen atoms in total. The van der Waals surface area contributed by atoms with Crippen LogP contribution in [0.25, 0.3) is 0 Å². The third-order valence-electron chi connectivity index (χ3n) is 3.47. The predicted octanol–water partition coefficient (Wildman–Crippen LogP) is 2.77. The van der Waals surface area contributed by atoms with Crippen molar-refractivity contribution in [2.24, 2.45) is 0 Å². The van der Waals surface area contributed by atoms with Crippen molar-refractivity contribution >= 4 is 37.7 Å². The van der Waals surface area contributed by atoms with Crippen molar-refractivity contribution in [3.8, 4) is 0 Å². The van der Waals surface area contributed by atoms with E-state index in [-0.39, 0.29) is 16.2 Å². The molecule has 1 N–H and O–H groups in total. The monoisotopic (exact) mass is 393 g/mol. The van der Waals surface area contributed by atoms with Crippen LogP contribution in [0.1, 0.15) is 25.0 Å². The number of rotatable bonds is 3. The topological polar surface area (TPSA) is 57.6 Å². The Labute approximate surface area is 139 Å². The second kappa shape index (κ2) is 6.20. The van der Waals surface area contributed by atoms with Crippen LogP contribution in [-0.2, 0) is 16.6 Å². The van der Waals surface area contributed by atoms with Gasteiger partial charge < -0.3 is 5.11 Å². The summed E-state index contributed by atoms with van der Waals surface area (Å²) in [5, 5.41) is 9.31. The van der Waals surface area contributed by atoms with Crippen molar-refractivity contribution in [1.29, 1.82) is 0 Å². The summed E-state index contributed by atoms with van der Waals surface area (Å²) in [5.41, 5.74) is 1.42. The van der Waals surface area contributed by atoms with Gasteiger partial charge in [0.25, 0.3) is 0 Å². The molecule has 0 aromatic heterocycles. The lowest BCUT2D eigenvalue weighted by atomic mass is 10.1. The van der Waals surface area contributed by atoms with Gasteiger partial charge in [-0.2, -0.15) is 16.1 Å². The highest BCUT2D eigenvalue weighted by Gasteiger charge is 2.35. The van der Waals surface area contributed by atoms with Gasteiger partial charge in [0.05, 0.1) is 11.5 Å². The Hall–Kier alpha value is -0.0800. The molecule has 0 aliphatic carbocycles. The summed E-state index contributed by atoms with van der Waals surface area (Å²) in [6, 6.07) is 3.35. The number of aliphatic hydroxyl groups is 1. The van der Waals surface area contributed by atoms with E-state index in [1.807, 2.05) is 6.92 Å². The summed E-state index contributed by atoms with van der Waals surface area (Å²) in [4.78, 5) is 0.245. The Morgan fingerprint density at radius 2 is 2.10 bits per heavy atom. The Morgan fingerprint density at radius 3 is 2.67 bits per heavy atom. The van der Waals surface area contributed by atoms with Gasteiger partial charge in [-0.25, -0.2) is 8.42 Å². The summed E-state index contributed by atoms with van der Waals surface area (Å²) >= 11 is 5.17. The van der Waals surface area contributed by atoms with Crippen molar-refractivity contribution in [2.75, 3.05) is 18.8 Å². The molecule has 2 rings (SSSR count). The molecule has 0 saturated carbocycles. The van der Waals surface area contributed by atoms with Crippen LogP contribution in [0.3, 0.4) is 0 Å². The predicted molar refractivity (Wildman–Crippen MR) is 90.1 cm³/mol. The first kappa shape index (κ1) is 17.3. The number of hydrogen-bond acceptors (Lipinski definition) is 4. The van der Waals surface area contributed by atoms with Crippen molar-refractivity contribution in [2.45, 2.75) is 37.0 Å². The molecule has 0 radical (unpaired) electrons. The second-order valence-corrected chi connectivity index (χ2v) is 10.3. The maximum absolute atomic E-state index is 12.9. The number of benzene rings is 1. The minimum Gasteiger partial charge on any atom is -0.392 e. The lowest BCUT2D eigenvalue weighted by Gasteiger charge is -2.36. The fourth-order valence-electron chi connectivity index (χ4n) is 2.41. The average molecular weight is 394 g/mol. The van der Waals surface area contributed by atoms with E-state index in [9.17, 15) is 13.5 Å². The number of nitrogens with zero attached hydrogens (tertiary/aromatic N) is 1. The molecule has 1 aromatic rings. The highest BCUT2D eigenvalue weighted by Crippen LogP contribution is 2.35. The zero-order valence-electron chi connectivity index (χ0n) is 12.4. The van der Waals surface area contributed by atoms with Crippen molar-refractivity contribution in [3.05, 3.63) is 27.7 Å². The van der Waals surface area contributed by atoms with Gasteiger partial charge in [-0.15, -0.1) is 0 Å². The zero-order valence-corrected chi connectivity index (χ0v) is 15.6. The molecular formula is C14H20BrNO3S2. The highest BCUT2D eigenvalue weighted by molar-refractivity contribution is 9.10. The number of aryl methyl sites for hydroxylation is 1. The molecule has 0 spiro atoms. The first-order chi connectivity index (χ1) is 9.67. The van der Waals surface area contributed by atoms with E-state index >= 15 is 0 Å². The molecular weight excluding hydrogens is 374 g/mol. The number of halogens is 1. The number of thioether (sulfide) groups is 1. The van der Waals surface area contributed by atoms with Crippen LogP contribution in [0, 0.1) is 6.92 Å². The Morgan fingerprint density at radius 1 is 1.43 bits per heavy atom. The van der Waals surface area contributed by atoms with Crippen LogP contribution >= 0.6 is 27.7 Å². The van der Waals surface area contributed by atoms with Crippen LogP contribution in [0.15, 0.2) is 21.5 Å². The zero-order chi connectivity index (χ0) is 15.8. The summed E-state index contributed by atoms with van der Waals surface area (Å²) in [7, 11) is -3.56. The molecule has 0 amide bonds. The van der Waals surface area contributed by atoms with Crippen molar-refractivity contribution < 1.29 is 13.5 Å². The van der Waals surface area contributed by atoms with E-state index in [1.54, 1.807) is 28.2 Å². The van der Waals surface area contributed by atoms with Crippen LogP contribution in [-0.4, -0.2) is 41.4 Å². The summed E-state index contributed by atoms with van der Waals surface area (Å²) in [6.45, 7) is 6.80. The maximum atomic E-state index is 12.9. The third kappa shape index (κ3) is 3.64. The molecule has 1 fully saturated rings. The molecule has 0 atom stereocenters. The van der Waals surface area contributed by atoms with Gasteiger partial charge in [-0.3, -0.25) is 0 Å². The fourth-order valence-corrected chi connectivity index (χ4v) is 6.35. The fraction of sp³-hybridized carbons (Fsp3) is 0.571. The minimum atomic E-state index is -3.56. The molecule has 1 aliphatic rings. The molecule has 118 valence electrons.